The van der Waals surface area contributed by atoms with Gasteiger partial charge in [-0.15, -0.1) is 0 Å². The van der Waals surface area contributed by atoms with Gasteiger partial charge in [-0.25, -0.2) is 0 Å². The molecule has 19 heavy (non-hydrogen) atoms. The van der Waals surface area contributed by atoms with Gasteiger partial charge >= 0.3 is 0 Å². The van der Waals surface area contributed by atoms with Crippen molar-refractivity contribution in [3.05, 3.63) is 29.8 Å². The predicted molar refractivity (Wildman–Crippen MR) is 83.8 cm³/mol. The van der Waals surface area contributed by atoms with E-state index in [4.69, 9.17) is 0 Å². The van der Waals surface area contributed by atoms with Gasteiger partial charge in [-0.05, 0) is 50.3 Å². The van der Waals surface area contributed by atoms with Crippen LogP contribution in [0.1, 0.15) is 32.3 Å². The number of aryl methyl sites for hydroxylation is 1. The highest BCUT2D eigenvalue weighted by Crippen LogP contribution is 2.41. The van der Waals surface area contributed by atoms with E-state index >= 15 is 0 Å². The highest BCUT2D eigenvalue weighted by molar-refractivity contribution is 5.46. The first-order valence-electron chi connectivity index (χ1n) is 7.39. The van der Waals surface area contributed by atoms with E-state index in [2.05, 4.69) is 69.3 Å². The van der Waals surface area contributed by atoms with Gasteiger partial charge in [0.05, 0.1) is 0 Å². The Bertz CT molecular complexity index is 408. The number of anilines is 1. The molecule has 1 fully saturated rings. The number of rotatable bonds is 4. The standard InChI is InChI=1S/C17H28N2/c1-13-6-8-15(9-7-13)19(5)12-14-10-11-17(2,3)16(14)18-4/h6-9,14,16,18H,10-12H2,1-5H3. The molecule has 0 bridgehead atoms. The van der Waals surface area contributed by atoms with Gasteiger partial charge in [0, 0.05) is 25.3 Å². The molecular formula is C17H28N2. The molecule has 0 aromatic heterocycles. The van der Waals surface area contributed by atoms with Crippen molar-refractivity contribution in [3.63, 3.8) is 0 Å². The lowest BCUT2D eigenvalue weighted by Gasteiger charge is -2.33. The number of hydrogen-bond donors (Lipinski definition) is 1. The van der Waals surface area contributed by atoms with E-state index < -0.39 is 0 Å². The molecule has 0 heterocycles. The average Bonchev–Trinajstić information content (AvgIpc) is 2.64. The maximum absolute atomic E-state index is 3.54. The van der Waals surface area contributed by atoms with Crippen LogP contribution in [0.2, 0.25) is 0 Å². The van der Waals surface area contributed by atoms with Crippen LogP contribution in [0.15, 0.2) is 24.3 Å². The minimum atomic E-state index is 0.424. The third-order valence-corrected chi connectivity index (χ3v) is 4.77. The molecular weight excluding hydrogens is 232 g/mol. The fourth-order valence-electron chi connectivity index (χ4n) is 3.60. The van der Waals surface area contributed by atoms with Crippen LogP contribution < -0.4 is 10.2 Å². The second-order valence-electron chi connectivity index (χ2n) is 6.77. The summed E-state index contributed by atoms with van der Waals surface area (Å²) >= 11 is 0. The third kappa shape index (κ3) is 3.11. The molecule has 2 atom stereocenters. The molecule has 0 aliphatic heterocycles. The van der Waals surface area contributed by atoms with Crippen molar-refractivity contribution in [3.8, 4) is 0 Å². The first-order valence-corrected chi connectivity index (χ1v) is 7.39. The van der Waals surface area contributed by atoms with E-state index in [0.717, 1.165) is 12.5 Å². The van der Waals surface area contributed by atoms with Gasteiger partial charge in [0.2, 0.25) is 0 Å². The molecule has 2 unspecified atom stereocenters. The summed E-state index contributed by atoms with van der Waals surface area (Å²) in [5.41, 5.74) is 3.07. The van der Waals surface area contributed by atoms with Gasteiger partial charge in [-0.1, -0.05) is 31.5 Å². The summed E-state index contributed by atoms with van der Waals surface area (Å²) in [6.45, 7) is 8.05. The van der Waals surface area contributed by atoms with Crippen molar-refractivity contribution in [1.82, 2.24) is 5.32 Å². The molecule has 0 saturated heterocycles. The lowest BCUT2D eigenvalue weighted by molar-refractivity contribution is 0.263. The quantitative estimate of drug-likeness (QED) is 0.892. The SMILES string of the molecule is CNC1C(CN(C)c2ccc(C)cc2)CCC1(C)C. The average molecular weight is 260 g/mol. The van der Waals surface area contributed by atoms with Crippen LogP contribution in [0.25, 0.3) is 0 Å². The Balaban J connectivity index is 2.03. The number of benzene rings is 1. The maximum atomic E-state index is 3.54. The van der Waals surface area contributed by atoms with Crippen molar-refractivity contribution in [1.29, 1.82) is 0 Å². The lowest BCUT2D eigenvalue weighted by Crippen LogP contribution is -2.43. The molecule has 1 aliphatic rings. The number of nitrogens with one attached hydrogen (secondary N) is 1. The van der Waals surface area contributed by atoms with E-state index in [1.807, 2.05) is 0 Å². The number of nitrogens with zero attached hydrogens (tertiary/aromatic N) is 1. The fourth-order valence-corrected chi connectivity index (χ4v) is 3.60. The van der Waals surface area contributed by atoms with Crippen LogP contribution in [-0.2, 0) is 0 Å². The molecule has 0 amide bonds. The third-order valence-electron chi connectivity index (χ3n) is 4.77. The zero-order chi connectivity index (χ0) is 14.0. The van der Waals surface area contributed by atoms with Gasteiger partial charge in [0.1, 0.15) is 0 Å². The van der Waals surface area contributed by atoms with Crippen LogP contribution in [0.4, 0.5) is 5.69 Å². The molecule has 2 nitrogen and oxygen atoms in total. The summed E-state index contributed by atoms with van der Waals surface area (Å²) in [5, 5.41) is 3.54. The van der Waals surface area contributed by atoms with Crippen molar-refractivity contribution < 1.29 is 0 Å². The second kappa shape index (κ2) is 5.54. The highest BCUT2D eigenvalue weighted by atomic mass is 15.1. The molecule has 1 aliphatic carbocycles. The van der Waals surface area contributed by atoms with Crippen LogP contribution in [0.5, 0.6) is 0 Å². The van der Waals surface area contributed by atoms with Gasteiger partial charge < -0.3 is 10.2 Å². The summed E-state index contributed by atoms with van der Waals surface area (Å²) in [4.78, 5) is 2.40. The minimum Gasteiger partial charge on any atom is -0.374 e. The molecule has 2 rings (SSSR count). The van der Waals surface area contributed by atoms with Gasteiger partial charge in [0.25, 0.3) is 0 Å². The molecule has 0 radical (unpaired) electrons. The Labute approximate surface area is 118 Å². The zero-order valence-corrected chi connectivity index (χ0v) is 13.0. The van der Waals surface area contributed by atoms with Crippen molar-refractivity contribution >= 4 is 5.69 Å². The van der Waals surface area contributed by atoms with Crippen molar-refractivity contribution in [2.75, 3.05) is 25.5 Å². The van der Waals surface area contributed by atoms with Crippen LogP contribution in [0, 0.1) is 18.3 Å². The topological polar surface area (TPSA) is 15.3 Å². The molecule has 1 N–H and O–H groups in total. The molecule has 1 saturated carbocycles. The molecule has 2 heteroatoms. The van der Waals surface area contributed by atoms with Crippen LogP contribution in [0.3, 0.4) is 0 Å². The summed E-state index contributed by atoms with van der Waals surface area (Å²) < 4.78 is 0. The normalized spacial score (nSPS) is 25.5. The smallest absolute Gasteiger partial charge is 0.0363 e. The van der Waals surface area contributed by atoms with Gasteiger partial charge in [-0.3, -0.25) is 0 Å². The summed E-state index contributed by atoms with van der Waals surface area (Å²) in [6.07, 6.45) is 2.65. The number of hydrogen-bond acceptors (Lipinski definition) is 2. The van der Waals surface area contributed by atoms with Gasteiger partial charge in [-0.2, -0.15) is 0 Å². The predicted octanol–water partition coefficient (Wildman–Crippen LogP) is 3.46. The summed E-state index contributed by atoms with van der Waals surface area (Å²) in [7, 11) is 4.32. The van der Waals surface area contributed by atoms with E-state index in [0.29, 0.717) is 11.5 Å². The fraction of sp³-hybridized carbons (Fsp3) is 0.647. The highest BCUT2D eigenvalue weighted by Gasteiger charge is 2.41. The van der Waals surface area contributed by atoms with Gasteiger partial charge in [0.15, 0.2) is 0 Å². The largest absolute Gasteiger partial charge is 0.374 e. The summed E-state index contributed by atoms with van der Waals surface area (Å²) in [6, 6.07) is 9.47. The van der Waals surface area contributed by atoms with Crippen molar-refractivity contribution in [2.45, 2.75) is 39.7 Å². The van der Waals surface area contributed by atoms with E-state index in [1.165, 1.54) is 24.1 Å². The van der Waals surface area contributed by atoms with E-state index in [-0.39, 0.29) is 0 Å². The minimum absolute atomic E-state index is 0.424. The van der Waals surface area contributed by atoms with E-state index in [9.17, 15) is 0 Å². The van der Waals surface area contributed by atoms with Crippen LogP contribution in [-0.4, -0.2) is 26.7 Å². The molecule has 1 aromatic carbocycles. The van der Waals surface area contributed by atoms with Crippen molar-refractivity contribution in [2.24, 2.45) is 11.3 Å². The Morgan fingerprint density at radius 1 is 1.26 bits per heavy atom. The first-order chi connectivity index (χ1) is 8.94. The monoisotopic (exact) mass is 260 g/mol. The van der Waals surface area contributed by atoms with E-state index in [1.54, 1.807) is 0 Å². The Morgan fingerprint density at radius 2 is 1.89 bits per heavy atom. The Hall–Kier alpha value is -1.02. The molecule has 0 spiro atoms. The Kier molecular flexibility index (Phi) is 4.19. The zero-order valence-electron chi connectivity index (χ0n) is 13.0. The molecule has 1 aromatic rings. The maximum Gasteiger partial charge on any atom is 0.0363 e. The van der Waals surface area contributed by atoms with Crippen LogP contribution >= 0.6 is 0 Å². The summed E-state index contributed by atoms with van der Waals surface area (Å²) in [5.74, 6) is 0.742. The second-order valence-corrected chi connectivity index (χ2v) is 6.77. The molecule has 106 valence electrons. The first kappa shape index (κ1) is 14.4. The Morgan fingerprint density at radius 3 is 2.47 bits per heavy atom. The lowest BCUT2D eigenvalue weighted by atomic mass is 9.85.